The standard InChI is InChI=1S/C20H24N4O3S/c1-13-21-15(11-28-13)10-24-12-20(9-18(24)25)4-6-23(7-5-20)19(26)16-8-17(27-22-16)14-2-3-14/h8,11,14H,2-7,9-10,12H2,1H3. The van der Waals surface area contributed by atoms with E-state index in [4.69, 9.17) is 4.52 Å². The Kier molecular flexibility index (Phi) is 4.26. The molecule has 2 aliphatic heterocycles. The highest BCUT2D eigenvalue weighted by Gasteiger charge is 2.45. The Hall–Kier alpha value is -2.22. The number of likely N-dealkylation sites (tertiary alicyclic amines) is 2. The summed E-state index contributed by atoms with van der Waals surface area (Å²) < 4.78 is 5.33. The van der Waals surface area contributed by atoms with Gasteiger partial charge < -0.3 is 14.3 Å². The summed E-state index contributed by atoms with van der Waals surface area (Å²) in [4.78, 5) is 33.6. The molecule has 1 saturated carbocycles. The SMILES string of the molecule is Cc1nc(CN2CC3(CCN(C(=O)c4cc(C5CC5)on4)CC3)CC2=O)cs1. The van der Waals surface area contributed by atoms with Gasteiger partial charge >= 0.3 is 0 Å². The first-order valence-corrected chi connectivity index (χ1v) is 10.8. The molecule has 0 radical (unpaired) electrons. The Morgan fingerprint density at radius 1 is 1.36 bits per heavy atom. The second-order valence-electron chi connectivity index (χ2n) is 8.47. The zero-order valence-electron chi connectivity index (χ0n) is 16.0. The largest absolute Gasteiger partial charge is 0.360 e. The van der Waals surface area contributed by atoms with Gasteiger partial charge in [0, 0.05) is 48.8 Å². The molecular weight excluding hydrogens is 376 g/mol. The van der Waals surface area contributed by atoms with E-state index in [2.05, 4.69) is 10.1 Å². The van der Waals surface area contributed by atoms with Gasteiger partial charge in [0.05, 0.1) is 17.2 Å². The Morgan fingerprint density at radius 2 is 2.14 bits per heavy atom. The van der Waals surface area contributed by atoms with Gasteiger partial charge in [-0.15, -0.1) is 11.3 Å². The lowest BCUT2D eigenvalue weighted by atomic mass is 9.77. The highest BCUT2D eigenvalue weighted by atomic mass is 32.1. The quantitative estimate of drug-likeness (QED) is 0.788. The minimum Gasteiger partial charge on any atom is -0.360 e. The normalized spacial score (nSPS) is 21.7. The fourth-order valence-corrected chi connectivity index (χ4v) is 5.04. The lowest BCUT2D eigenvalue weighted by Crippen LogP contribution is -2.44. The van der Waals surface area contributed by atoms with E-state index < -0.39 is 0 Å². The fraction of sp³-hybridized carbons (Fsp3) is 0.600. The molecule has 0 aromatic carbocycles. The van der Waals surface area contributed by atoms with Gasteiger partial charge in [-0.1, -0.05) is 5.16 Å². The molecule has 1 spiro atoms. The van der Waals surface area contributed by atoms with E-state index in [0.29, 0.717) is 37.7 Å². The zero-order chi connectivity index (χ0) is 19.3. The molecule has 0 bridgehead atoms. The van der Waals surface area contributed by atoms with Crippen molar-refractivity contribution < 1.29 is 14.1 Å². The molecule has 2 saturated heterocycles. The van der Waals surface area contributed by atoms with Crippen LogP contribution in [-0.2, 0) is 11.3 Å². The zero-order valence-corrected chi connectivity index (χ0v) is 16.8. The number of nitrogens with zero attached hydrogens (tertiary/aromatic N) is 4. The molecule has 2 aromatic rings. The smallest absolute Gasteiger partial charge is 0.276 e. The summed E-state index contributed by atoms with van der Waals surface area (Å²) in [5.74, 6) is 1.45. The first-order chi connectivity index (χ1) is 13.5. The third-order valence-electron chi connectivity index (χ3n) is 6.26. The van der Waals surface area contributed by atoms with Crippen LogP contribution in [0, 0.1) is 12.3 Å². The van der Waals surface area contributed by atoms with Crippen molar-refractivity contribution >= 4 is 23.2 Å². The van der Waals surface area contributed by atoms with E-state index in [0.717, 1.165) is 48.7 Å². The Balaban J connectivity index is 1.20. The number of carbonyl (C=O) groups excluding carboxylic acids is 2. The maximum Gasteiger partial charge on any atom is 0.276 e. The number of carbonyl (C=O) groups is 2. The minimum atomic E-state index is -0.0513. The van der Waals surface area contributed by atoms with Crippen molar-refractivity contribution in [3.8, 4) is 0 Å². The number of aryl methyl sites for hydroxylation is 1. The van der Waals surface area contributed by atoms with E-state index >= 15 is 0 Å². The number of thiazole rings is 1. The van der Waals surface area contributed by atoms with Gasteiger partial charge in [0.2, 0.25) is 5.91 Å². The average Bonchev–Trinajstić information content (AvgIpc) is 3.13. The monoisotopic (exact) mass is 400 g/mol. The summed E-state index contributed by atoms with van der Waals surface area (Å²) in [6.45, 7) is 4.68. The van der Waals surface area contributed by atoms with Crippen LogP contribution in [0.3, 0.4) is 0 Å². The van der Waals surface area contributed by atoms with Crippen molar-refractivity contribution in [3.05, 3.63) is 33.6 Å². The van der Waals surface area contributed by atoms with Crippen molar-refractivity contribution in [1.29, 1.82) is 0 Å². The summed E-state index contributed by atoms with van der Waals surface area (Å²) in [5, 5.41) is 7.04. The second-order valence-corrected chi connectivity index (χ2v) is 9.53. The van der Waals surface area contributed by atoms with Gasteiger partial charge in [-0.05, 0) is 32.6 Å². The predicted molar refractivity (Wildman–Crippen MR) is 103 cm³/mol. The molecule has 0 N–H and O–H groups in total. The molecule has 28 heavy (non-hydrogen) atoms. The molecule has 0 atom stereocenters. The van der Waals surface area contributed by atoms with Crippen LogP contribution in [-0.4, -0.2) is 51.4 Å². The summed E-state index contributed by atoms with van der Waals surface area (Å²) in [6.07, 6.45) is 4.53. The van der Waals surface area contributed by atoms with Crippen LogP contribution in [0.5, 0.6) is 0 Å². The third-order valence-corrected chi connectivity index (χ3v) is 7.09. The fourth-order valence-electron chi connectivity index (χ4n) is 4.43. The molecule has 3 aliphatic rings. The van der Waals surface area contributed by atoms with Crippen LogP contribution < -0.4 is 0 Å². The van der Waals surface area contributed by atoms with Crippen LogP contribution in [0.1, 0.15) is 65.0 Å². The molecule has 4 heterocycles. The molecular formula is C20H24N4O3S. The van der Waals surface area contributed by atoms with Gasteiger partial charge in [-0.2, -0.15) is 0 Å². The van der Waals surface area contributed by atoms with Gasteiger partial charge in [-0.25, -0.2) is 4.98 Å². The van der Waals surface area contributed by atoms with Crippen molar-refractivity contribution in [2.24, 2.45) is 5.41 Å². The maximum absolute atomic E-state index is 12.8. The lowest BCUT2D eigenvalue weighted by Gasteiger charge is -2.38. The predicted octanol–water partition coefficient (Wildman–Crippen LogP) is 2.97. The van der Waals surface area contributed by atoms with E-state index in [9.17, 15) is 9.59 Å². The number of hydrogen-bond donors (Lipinski definition) is 0. The molecule has 5 rings (SSSR count). The maximum atomic E-state index is 12.8. The van der Waals surface area contributed by atoms with Gasteiger partial charge in [0.15, 0.2) is 5.69 Å². The Morgan fingerprint density at radius 3 is 2.82 bits per heavy atom. The summed E-state index contributed by atoms with van der Waals surface area (Å²) >= 11 is 1.62. The van der Waals surface area contributed by atoms with Crippen LogP contribution in [0.15, 0.2) is 16.0 Å². The summed E-state index contributed by atoms with van der Waals surface area (Å²) in [5.41, 5.74) is 1.38. The van der Waals surface area contributed by atoms with E-state index in [1.807, 2.05) is 22.1 Å². The van der Waals surface area contributed by atoms with Crippen molar-refractivity contribution in [3.63, 3.8) is 0 Å². The van der Waals surface area contributed by atoms with E-state index in [1.165, 1.54) is 0 Å². The van der Waals surface area contributed by atoms with E-state index in [1.54, 1.807) is 17.4 Å². The van der Waals surface area contributed by atoms with Crippen molar-refractivity contribution in [2.75, 3.05) is 19.6 Å². The highest BCUT2D eigenvalue weighted by Crippen LogP contribution is 2.42. The van der Waals surface area contributed by atoms with Crippen LogP contribution in [0.2, 0.25) is 0 Å². The molecule has 8 heteroatoms. The molecule has 3 fully saturated rings. The molecule has 1 aliphatic carbocycles. The first kappa shape index (κ1) is 17.8. The number of piperidine rings is 1. The number of rotatable bonds is 4. The highest BCUT2D eigenvalue weighted by molar-refractivity contribution is 7.09. The van der Waals surface area contributed by atoms with E-state index in [-0.39, 0.29) is 17.2 Å². The van der Waals surface area contributed by atoms with Crippen LogP contribution in [0.25, 0.3) is 0 Å². The second kappa shape index (κ2) is 6.69. The van der Waals surface area contributed by atoms with Crippen molar-refractivity contribution in [2.45, 2.75) is 51.5 Å². The Bertz CT molecular complexity index is 908. The van der Waals surface area contributed by atoms with Gasteiger partial charge in [0.1, 0.15) is 5.76 Å². The number of hydrogen-bond acceptors (Lipinski definition) is 6. The minimum absolute atomic E-state index is 0.0120. The molecule has 2 aromatic heterocycles. The number of aromatic nitrogens is 2. The Labute approximate surface area is 167 Å². The topological polar surface area (TPSA) is 79.5 Å². The van der Waals surface area contributed by atoms with Crippen molar-refractivity contribution in [1.82, 2.24) is 19.9 Å². The van der Waals surface area contributed by atoms with Gasteiger partial charge in [-0.3, -0.25) is 9.59 Å². The molecule has 2 amide bonds. The third kappa shape index (κ3) is 3.34. The summed E-state index contributed by atoms with van der Waals surface area (Å²) in [6, 6.07) is 1.81. The molecule has 7 nitrogen and oxygen atoms in total. The van der Waals surface area contributed by atoms with Gasteiger partial charge in [0.25, 0.3) is 5.91 Å². The molecule has 148 valence electrons. The average molecular weight is 401 g/mol. The summed E-state index contributed by atoms with van der Waals surface area (Å²) in [7, 11) is 0. The lowest BCUT2D eigenvalue weighted by molar-refractivity contribution is -0.128. The first-order valence-electron chi connectivity index (χ1n) is 9.96. The van der Waals surface area contributed by atoms with Crippen LogP contribution in [0.4, 0.5) is 0 Å². The molecule has 0 unspecified atom stereocenters. The number of amides is 2. The van der Waals surface area contributed by atoms with Crippen LogP contribution >= 0.6 is 11.3 Å².